The Morgan fingerprint density at radius 1 is 1.23 bits per heavy atom. The molecule has 0 saturated heterocycles. The monoisotopic (exact) mass is 311 g/mol. The maximum Gasteiger partial charge on any atom is 0.255 e. The van der Waals surface area contributed by atoms with Crippen molar-refractivity contribution in [2.45, 2.75) is 6.61 Å². The lowest BCUT2D eigenvalue weighted by Crippen LogP contribution is -2.11. The standard InChI is InChI=1S/C16H13N3O2S/c20-16(19-13-4-6-17-7-5-13)12-2-1-3-15(8-12)21-9-14-10-22-11-18-14/h1-8,10-11H,9H2,(H,17,19,20). The van der Waals surface area contributed by atoms with Crippen LogP contribution in [0.15, 0.2) is 59.7 Å². The van der Waals surface area contributed by atoms with Crippen LogP contribution in [0, 0.1) is 0 Å². The first-order valence-electron chi connectivity index (χ1n) is 6.62. The van der Waals surface area contributed by atoms with Gasteiger partial charge in [0.1, 0.15) is 12.4 Å². The SMILES string of the molecule is O=C(Nc1ccncc1)c1cccc(OCc2cscn2)c1. The second-order valence-corrected chi connectivity index (χ2v) is 5.20. The van der Waals surface area contributed by atoms with Gasteiger partial charge in [-0.1, -0.05) is 6.07 Å². The maximum atomic E-state index is 12.2. The highest BCUT2D eigenvalue weighted by Crippen LogP contribution is 2.16. The molecule has 22 heavy (non-hydrogen) atoms. The van der Waals surface area contributed by atoms with Crippen LogP contribution in [0.4, 0.5) is 5.69 Å². The number of hydrogen-bond acceptors (Lipinski definition) is 5. The first-order valence-corrected chi connectivity index (χ1v) is 7.57. The average molecular weight is 311 g/mol. The Morgan fingerprint density at radius 2 is 2.09 bits per heavy atom. The number of pyridine rings is 1. The van der Waals surface area contributed by atoms with Crippen molar-refractivity contribution in [2.24, 2.45) is 0 Å². The van der Waals surface area contributed by atoms with Crippen molar-refractivity contribution in [3.63, 3.8) is 0 Å². The van der Waals surface area contributed by atoms with E-state index in [9.17, 15) is 4.79 Å². The molecule has 110 valence electrons. The number of hydrogen-bond donors (Lipinski definition) is 1. The summed E-state index contributed by atoms with van der Waals surface area (Å²) in [6.07, 6.45) is 3.26. The summed E-state index contributed by atoms with van der Waals surface area (Å²) in [5, 5.41) is 4.74. The summed E-state index contributed by atoms with van der Waals surface area (Å²) in [6, 6.07) is 10.5. The van der Waals surface area contributed by atoms with Crippen LogP contribution in [-0.4, -0.2) is 15.9 Å². The molecule has 0 aliphatic heterocycles. The number of carbonyl (C=O) groups excluding carboxylic acids is 1. The Balaban J connectivity index is 1.66. The van der Waals surface area contributed by atoms with Crippen LogP contribution in [0.5, 0.6) is 5.75 Å². The minimum atomic E-state index is -0.190. The Labute approximate surface area is 131 Å². The van der Waals surface area contributed by atoms with Crippen molar-refractivity contribution in [3.05, 3.63) is 70.9 Å². The highest BCUT2D eigenvalue weighted by molar-refractivity contribution is 7.07. The highest BCUT2D eigenvalue weighted by atomic mass is 32.1. The summed E-state index contributed by atoms with van der Waals surface area (Å²) in [5.41, 5.74) is 3.87. The molecule has 6 heteroatoms. The number of ether oxygens (including phenoxy) is 1. The summed E-state index contributed by atoms with van der Waals surface area (Å²) in [7, 11) is 0. The molecule has 0 unspecified atom stereocenters. The lowest BCUT2D eigenvalue weighted by molar-refractivity contribution is 0.102. The molecule has 0 aliphatic rings. The molecule has 0 radical (unpaired) electrons. The van der Waals surface area contributed by atoms with E-state index in [-0.39, 0.29) is 5.91 Å². The Morgan fingerprint density at radius 3 is 2.86 bits per heavy atom. The topological polar surface area (TPSA) is 64.1 Å². The molecule has 2 heterocycles. The molecule has 1 aromatic carbocycles. The van der Waals surface area contributed by atoms with Crippen LogP contribution in [-0.2, 0) is 6.61 Å². The Bertz CT molecular complexity index is 745. The van der Waals surface area contributed by atoms with E-state index in [2.05, 4.69) is 15.3 Å². The fraction of sp³-hybridized carbons (Fsp3) is 0.0625. The van der Waals surface area contributed by atoms with Gasteiger partial charge in [0, 0.05) is 29.0 Å². The van der Waals surface area contributed by atoms with Gasteiger partial charge in [-0.25, -0.2) is 4.98 Å². The predicted octanol–water partition coefficient (Wildman–Crippen LogP) is 3.37. The van der Waals surface area contributed by atoms with Gasteiger partial charge >= 0.3 is 0 Å². The van der Waals surface area contributed by atoms with Gasteiger partial charge in [0.15, 0.2) is 0 Å². The Kier molecular flexibility index (Phi) is 4.41. The fourth-order valence-corrected chi connectivity index (χ4v) is 2.37. The number of carbonyl (C=O) groups is 1. The average Bonchev–Trinajstić information content (AvgIpc) is 3.08. The number of benzene rings is 1. The molecule has 0 aliphatic carbocycles. The van der Waals surface area contributed by atoms with E-state index < -0.39 is 0 Å². The summed E-state index contributed by atoms with van der Waals surface area (Å²) in [4.78, 5) is 20.3. The van der Waals surface area contributed by atoms with Crippen LogP contribution in [0.3, 0.4) is 0 Å². The molecular weight excluding hydrogens is 298 g/mol. The van der Waals surface area contributed by atoms with Crippen molar-refractivity contribution in [1.82, 2.24) is 9.97 Å². The maximum absolute atomic E-state index is 12.2. The van der Waals surface area contributed by atoms with Gasteiger partial charge in [0.25, 0.3) is 5.91 Å². The minimum Gasteiger partial charge on any atom is -0.487 e. The molecule has 2 aromatic heterocycles. The normalized spacial score (nSPS) is 10.2. The van der Waals surface area contributed by atoms with E-state index in [4.69, 9.17) is 4.74 Å². The summed E-state index contributed by atoms with van der Waals surface area (Å²) in [5.74, 6) is 0.445. The van der Waals surface area contributed by atoms with E-state index in [1.54, 1.807) is 48.2 Å². The van der Waals surface area contributed by atoms with Crippen molar-refractivity contribution in [2.75, 3.05) is 5.32 Å². The van der Waals surface area contributed by atoms with Gasteiger partial charge in [0.05, 0.1) is 11.2 Å². The summed E-state index contributed by atoms with van der Waals surface area (Å²) < 4.78 is 5.65. The first-order chi connectivity index (χ1) is 10.8. The second-order valence-electron chi connectivity index (χ2n) is 4.49. The third-order valence-corrected chi connectivity index (χ3v) is 3.54. The number of rotatable bonds is 5. The molecule has 0 spiro atoms. The number of thiazole rings is 1. The Hall–Kier alpha value is -2.73. The van der Waals surface area contributed by atoms with Gasteiger partial charge in [-0.2, -0.15) is 0 Å². The van der Waals surface area contributed by atoms with Gasteiger partial charge < -0.3 is 10.1 Å². The molecule has 3 aromatic rings. The number of amides is 1. The number of aromatic nitrogens is 2. The van der Waals surface area contributed by atoms with E-state index in [0.29, 0.717) is 23.6 Å². The molecule has 3 rings (SSSR count). The third kappa shape index (κ3) is 3.67. The van der Waals surface area contributed by atoms with Gasteiger partial charge in [-0.15, -0.1) is 11.3 Å². The minimum absolute atomic E-state index is 0.190. The van der Waals surface area contributed by atoms with Crippen molar-refractivity contribution < 1.29 is 9.53 Å². The zero-order chi connectivity index (χ0) is 15.2. The molecule has 0 saturated carbocycles. The van der Waals surface area contributed by atoms with Crippen LogP contribution in [0.25, 0.3) is 0 Å². The summed E-state index contributed by atoms with van der Waals surface area (Å²) >= 11 is 1.52. The van der Waals surface area contributed by atoms with E-state index >= 15 is 0 Å². The third-order valence-electron chi connectivity index (χ3n) is 2.90. The quantitative estimate of drug-likeness (QED) is 0.784. The fourth-order valence-electron chi connectivity index (χ4n) is 1.83. The van der Waals surface area contributed by atoms with Crippen LogP contribution < -0.4 is 10.1 Å². The highest BCUT2D eigenvalue weighted by Gasteiger charge is 2.07. The zero-order valence-corrected chi connectivity index (χ0v) is 12.4. The lowest BCUT2D eigenvalue weighted by Gasteiger charge is -2.08. The van der Waals surface area contributed by atoms with E-state index in [1.165, 1.54) is 11.3 Å². The summed E-state index contributed by atoms with van der Waals surface area (Å²) in [6.45, 7) is 0.388. The van der Waals surface area contributed by atoms with Crippen LogP contribution >= 0.6 is 11.3 Å². The number of nitrogens with zero attached hydrogens (tertiary/aromatic N) is 2. The molecule has 0 bridgehead atoms. The van der Waals surface area contributed by atoms with Gasteiger partial charge in [-0.3, -0.25) is 9.78 Å². The number of anilines is 1. The van der Waals surface area contributed by atoms with Crippen LogP contribution in [0.2, 0.25) is 0 Å². The van der Waals surface area contributed by atoms with E-state index in [0.717, 1.165) is 5.69 Å². The smallest absolute Gasteiger partial charge is 0.255 e. The van der Waals surface area contributed by atoms with Crippen molar-refractivity contribution in [1.29, 1.82) is 0 Å². The van der Waals surface area contributed by atoms with Gasteiger partial charge in [-0.05, 0) is 30.3 Å². The molecule has 1 N–H and O–H groups in total. The van der Waals surface area contributed by atoms with Crippen molar-refractivity contribution in [3.8, 4) is 5.75 Å². The predicted molar refractivity (Wildman–Crippen MR) is 85.1 cm³/mol. The van der Waals surface area contributed by atoms with E-state index in [1.807, 2.05) is 11.4 Å². The number of nitrogens with one attached hydrogen (secondary N) is 1. The zero-order valence-electron chi connectivity index (χ0n) is 11.6. The van der Waals surface area contributed by atoms with Gasteiger partial charge in [0.2, 0.25) is 0 Å². The molecule has 0 atom stereocenters. The molecule has 0 fully saturated rings. The lowest BCUT2D eigenvalue weighted by atomic mass is 10.2. The van der Waals surface area contributed by atoms with Crippen LogP contribution in [0.1, 0.15) is 16.1 Å². The molecule has 5 nitrogen and oxygen atoms in total. The molecule has 1 amide bonds. The molecular formula is C16H13N3O2S. The first kappa shape index (κ1) is 14.2. The van der Waals surface area contributed by atoms with Crippen molar-refractivity contribution >= 4 is 22.9 Å². The largest absolute Gasteiger partial charge is 0.487 e. The second kappa shape index (κ2) is 6.82.